The largest absolute Gasteiger partial charge is 0.485 e. The van der Waals surface area contributed by atoms with Crippen molar-refractivity contribution in [2.45, 2.75) is 39.1 Å². The molecule has 0 saturated carbocycles. The average Bonchev–Trinajstić information content (AvgIpc) is 3.31. The predicted octanol–water partition coefficient (Wildman–Crippen LogP) is 5.20. The Hall–Kier alpha value is -2.82. The quantitative estimate of drug-likeness (QED) is 0.223. The van der Waals surface area contributed by atoms with Crippen LogP contribution >= 0.6 is 34.7 Å². The van der Waals surface area contributed by atoms with E-state index in [1.165, 1.54) is 30.2 Å². The lowest BCUT2D eigenvalue weighted by Gasteiger charge is -2.11. The van der Waals surface area contributed by atoms with Crippen LogP contribution in [0.15, 0.2) is 36.0 Å². The number of allylic oxidation sites excluding steroid dienone is 1. The van der Waals surface area contributed by atoms with Gasteiger partial charge in [0, 0.05) is 16.4 Å². The van der Waals surface area contributed by atoms with Gasteiger partial charge in [-0.25, -0.2) is 4.79 Å². The van der Waals surface area contributed by atoms with E-state index in [2.05, 4.69) is 22.1 Å². The van der Waals surface area contributed by atoms with Gasteiger partial charge in [-0.1, -0.05) is 29.4 Å². The summed E-state index contributed by atoms with van der Waals surface area (Å²) in [5.74, 6) is 0.655. The Morgan fingerprint density at radius 3 is 2.74 bits per heavy atom. The highest BCUT2D eigenvalue weighted by molar-refractivity contribution is 7.99. The molecular weight excluding hydrogens is 496 g/mol. The molecule has 1 N–H and O–H groups in total. The number of thioether (sulfide) groups is 1. The van der Waals surface area contributed by atoms with Crippen LogP contribution in [0.3, 0.4) is 0 Å². The van der Waals surface area contributed by atoms with E-state index in [1.54, 1.807) is 12.1 Å². The Bertz CT molecular complexity index is 1220. The number of nitrogens with one attached hydrogen (secondary N) is 1. The third-order valence-corrected chi connectivity index (χ3v) is 7.28. The first-order chi connectivity index (χ1) is 16.2. The van der Waals surface area contributed by atoms with E-state index in [9.17, 15) is 9.59 Å². The first-order valence-electron chi connectivity index (χ1n) is 10.3. The van der Waals surface area contributed by atoms with Gasteiger partial charge >= 0.3 is 5.97 Å². The molecule has 0 unspecified atom stereocenters. The van der Waals surface area contributed by atoms with Crippen LogP contribution in [0.5, 0.6) is 5.75 Å². The lowest BCUT2D eigenvalue weighted by Crippen LogP contribution is -2.16. The molecule has 0 saturated heterocycles. The van der Waals surface area contributed by atoms with Gasteiger partial charge in [0.1, 0.15) is 17.4 Å². The predicted molar refractivity (Wildman–Crippen MR) is 135 cm³/mol. The molecule has 2 aromatic heterocycles. The van der Waals surface area contributed by atoms with Gasteiger partial charge in [0.25, 0.3) is 0 Å². The minimum absolute atomic E-state index is 0.0863. The standard InChI is InChI=1S/C23H25ClN4O4S2/c1-6-9-28-18(11-32-17-8-7-16(24)10-13(17)2)26-27-23(28)33-12-19(29)25-21-20(22(30)31-5)14(3)15(4)34-21/h6-8,10H,1,9,11-12H2,2-5H3,(H,25,29). The van der Waals surface area contributed by atoms with E-state index in [4.69, 9.17) is 21.1 Å². The molecule has 3 aromatic rings. The highest BCUT2D eigenvalue weighted by Crippen LogP contribution is 2.33. The Kier molecular flexibility index (Phi) is 8.76. The van der Waals surface area contributed by atoms with Crippen molar-refractivity contribution >= 4 is 51.6 Å². The number of carbonyl (C=O) groups excluding carboxylic acids is 2. The maximum absolute atomic E-state index is 12.6. The number of aryl methyl sites for hydroxylation is 2. The first-order valence-corrected chi connectivity index (χ1v) is 12.5. The molecule has 0 bridgehead atoms. The van der Waals surface area contributed by atoms with E-state index in [1.807, 2.05) is 37.5 Å². The summed E-state index contributed by atoms with van der Waals surface area (Å²) in [6, 6.07) is 5.40. The van der Waals surface area contributed by atoms with Crippen LogP contribution in [0.1, 0.15) is 32.2 Å². The van der Waals surface area contributed by atoms with Crippen LogP contribution in [0.25, 0.3) is 0 Å². The van der Waals surface area contributed by atoms with Gasteiger partial charge in [0.15, 0.2) is 11.0 Å². The first kappa shape index (κ1) is 25.8. The van der Waals surface area contributed by atoms with Crippen LogP contribution in [0.4, 0.5) is 5.00 Å². The molecule has 180 valence electrons. The number of hydrogen-bond donors (Lipinski definition) is 1. The maximum Gasteiger partial charge on any atom is 0.341 e. The number of halogens is 1. The molecule has 0 fully saturated rings. The van der Waals surface area contributed by atoms with Crippen LogP contribution in [-0.4, -0.2) is 39.5 Å². The van der Waals surface area contributed by atoms with Gasteiger partial charge in [-0.05, 0) is 50.1 Å². The van der Waals surface area contributed by atoms with Gasteiger partial charge < -0.3 is 14.8 Å². The lowest BCUT2D eigenvalue weighted by atomic mass is 10.1. The van der Waals surface area contributed by atoms with Crippen molar-refractivity contribution in [3.8, 4) is 5.75 Å². The number of esters is 1. The van der Waals surface area contributed by atoms with Crippen molar-refractivity contribution in [2.24, 2.45) is 0 Å². The molecule has 0 radical (unpaired) electrons. The summed E-state index contributed by atoms with van der Waals surface area (Å²) in [6.45, 7) is 10.1. The summed E-state index contributed by atoms with van der Waals surface area (Å²) in [7, 11) is 1.32. The monoisotopic (exact) mass is 520 g/mol. The minimum atomic E-state index is -0.476. The molecule has 0 aliphatic rings. The summed E-state index contributed by atoms with van der Waals surface area (Å²) in [5, 5.41) is 12.9. The molecule has 3 rings (SSSR count). The number of rotatable bonds is 10. The van der Waals surface area contributed by atoms with Crippen LogP contribution in [0.2, 0.25) is 5.02 Å². The Labute approximate surface area is 211 Å². The second-order valence-corrected chi connectivity index (χ2v) is 9.92. The Morgan fingerprint density at radius 2 is 2.06 bits per heavy atom. The number of aromatic nitrogens is 3. The molecule has 1 aromatic carbocycles. The number of nitrogens with zero attached hydrogens (tertiary/aromatic N) is 3. The van der Waals surface area contributed by atoms with E-state index in [-0.39, 0.29) is 18.3 Å². The third-order valence-electron chi connectivity index (χ3n) is 4.96. The van der Waals surface area contributed by atoms with Crippen LogP contribution in [0, 0.1) is 20.8 Å². The number of methoxy groups -OCH3 is 1. The fraction of sp³-hybridized carbons (Fsp3) is 0.304. The van der Waals surface area contributed by atoms with Crippen molar-refractivity contribution in [2.75, 3.05) is 18.2 Å². The molecule has 8 nitrogen and oxygen atoms in total. The number of hydrogen-bond acceptors (Lipinski definition) is 8. The van der Waals surface area contributed by atoms with Crippen molar-refractivity contribution in [3.05, 3.63) is 63.3 Å². The topological polar surface area (TPSA) is 95.3 Å². The van der Waals surface area contributed by atoms with Gasteiger partial charge in [-0.15, -0.1) is 28.1 Å². The summed E-state index contributed by atoms with van der Waals surface area (Å²) < 4.78 is 12.6. The second kappa shape index (κ2) is 11.5. The Morgan fingerprint density at radius 1 is 1.29 bits per heavy atom. The highest BCUT2D eigenvalue weighted by Gasteiger charge is 2.22. The fourth-order valence-corrected chi connectivity index (χ4v) is 5.18. The molecule has 34 heavy (non-hydrogen) atoms. The van der Waals surface area contributed by atoms with Crippen molar-refractivity contribution in [3.63, 3.8) is 0 Å². The zero-order valence-corrected chi connectivity index (χ0v) is 21.7. The molecule has 2 heterocycles. The molecule has 1 amide bonds. The zero-order valence-electron chi connectivity index (χ0n) is 19.3. The number of amides is 1. The summed E-state index contributed by atoms with van der Waals surface area (Å²) in [6.07, 6.45) is 1.73. The minimum Gasteiger partial charge on any atom is -0.485 e. The van der Waals surface area contributed by atoms with Gasteiger partial charge in [0.05, 0.1) is 18.4 Å². The van der Waals surface area contributed by atoms with Gasteiger partial charge in [0.2, 0.25) is 5.91 Å². The maximum atomic E-state index is 12.6. The second-order valence-electron chi connectivity index (χ2n) is 7.31. The Balaban J connectivity index is 1.67. The molecule has 11 heteroatoms. The van der Waals surface area contributed by atoms with Gasteiger partial charge in [-0.2, -0.15) is 0 Å². The number of anilines is 1. The van der Waals surface area contributed by atoms with Crippen LogP contribution < -0.4 is 10.1 Å². The molecule has 0 aliphatic heterocycles. The fourth-order valence-electron chi connectivity index (χ4n) is 3.12. The van der Waals surface area contributed by atoms with Crippen molar-refractivity contribution in [1.29, 1.82) is 0 Å². The van der Waals surface area contributed by atoms with Crippen molar-refractivity contribution in [1.82, 2.24) is 14.8 Å². The van der Waals surface area contributed by atoms with Crippen LogP contribution in [-0.2, 0) is 22.7 Å². The van der Waals surface area contributed by atoms with E-state index in [0.717, 1.165) is 16.0 Å². The number of carbonyl (C=O) groups is 2. The summed E-state index contributed by atoms with van der Waals surface area (Å²) >= 11 is 8.59. The smallest absolute Gasteiger partial charge is 0.341 e. The highest BCUT2D eigenvalue weighted by atomic mass is 35.5. The molecule has 0 spiro atoms. The average molecular weight is 521 g/mol. The zero-order chi connectivity index (χ0) is 24.8. The van der Waals surface area contributed by atoms with Gasteiger partial charge in [-0.3, -0.25) is 9.36 Å². The number of benzene rings is 1. The number of ether oxygens (including phenoxy) is 2. The third kappa shape index (κ3) is 5.99. The molecule has 0 atom stereocenters. The lowest BCUT2D eigenvalue weighted by molar-refractivity contribution is -0.113. The summed E-state index contributed by atoms with van der Waals surface area (Å²) in [5.41, 5.74) is 2.10. The molecular formula is C23H25ClN4O4S2. The normalized spacial score (nSPS) is 10.7. The van der Waals surface area contributed by atoms with E-state index < -0.39 is 5.97 Å². The summed E-state index contributed by atoms with van der Waals surface area (Å²) in [4.78, 5) is 25.7. The van der Waals surface area contributed by atoms with E-state index in [0.29, 0.717) is 38.9 Å². The van der Waals surface area contributed by atoms with Crippen molar-refractivity contribution < 1.29 is 19.1 Å². The SMILES string of the molecule is C=CCn1c(COc2ccc(Cl)cc2C)nnc1SCC(=O)Nc1sc(C)c(C)c1C(=O)OC. The van der Waals surface area contributed by atoms with E-state index >= 15 is 0 Å². The molecule has 0 aliphatic carbocycles. The number of thiophene rings is 1.